The summed E-state index contributed by atoms with van der Waals surface area (Å²) in [4.78, 5) is 8.97. The van der Waals surface area contributed by atoms with Gasteiger partial charge < -0.3 is 20.2 Å². The second-order valence-electron chi connectivity index (χ2n) is 7.21. The SMILES string of the molecule is CCNC(=NCc1ncc(-c2ccc(C)cc2)o1)NCC(CC)(CC)CCO. The van der Waals surface area contributed by atoms with Crippen molar-refractivity contribution in [3.63, 3.8) is 0 Å². The molecule has 3 N–H and O–H groups in total. The molecule has 0 amide bonds. The summed E-state index contributed by atoms with van der Waals surface area (Å²) in [7, 11) is 0. The summed E-state index contributed by atoms with van der Waals surface area (Å²) < 4.78 is 5.86. The minimum atomic E-state index is 0.0759. The molecule has 1 aromatic heterocycles. The van der Waals surface area contributed by atoms with E-state index in [9.17, 15) is 5.11 Å². The average molecular weight is 387 g/mol. The molecule has 1 heterocycles. The fraction of sp³-hybridized carbons (Fsp3) is 0.545. The molecule has 2 rings (SSSR count). The lowest BCUT2D eigenvalue weighted by Crippen LogP contribution is -2.43. The van der Waals surface area contributed by atoms with Crippen molar-refractivity contribution < 1.29 is 9.52 Å². The lowest BCUT2D eigenvalue weighted by Gasteiger charge is -2.32. The lowest BCUT2D eigenvalue weighted by atomic mass is 9.79. The number of benzene rings is 1. The van der Waals surface area contributed by atoms with Crippen molar-refractivity contribution >= 4 is 5.96 Å². The fourth-order valence-corrected chi connectivity index (χ4v) is 3.17. The van der Waals surface area contributed by atoms with Gasteiger partial charge in [0.05, 0.1) is 6.20 Å². The number of nitrogens with zero attached hydrogens (tertiary/aromatic N) is 2. The van der Waals surface area contributed by atoms with Crippen molar-refractivity contribution in [1.29, 1.82) is 0 Å². The molecule has 0 saturated carbocycles. The standard InChI is InChI=1S/C22H34N4O2/c1-5-22(6-2,12-13-27)16-26-21(23-7-3)25-15-20-24-14-19(28-20)18-10-8-17(4)9-11-18/h8-11,14,27H,5-7,12-13,15-16H2,1-4H3,(H2,23,25,26). The normalized spacial score (nSPS) is 12.2. The molecule has 0 saturated heterocycles. The highest BCUT2D eigenvalue weighted by Gasteiger charge is 2.25. The van der Waals surface area contributed by atoms with Gasteiger partial charge in [-0.25, -0.2) is 9.98 Å². The van der Waals surface area contributed by atoms with Crippen LogP contribution in [0, 0.1) is 12.3 Å². The number of oxazole rings is 1. The van der Waals surface area contributed by atoms with Crippen molar-refractivity contribution in [2.24, 2.45) is 10.4 Å². The molecule has 0 atom stereocenters. The van der Waals surface area contributed by atoms with Crippen LogP contribution in [0.3, 0.4) is 0 Å². The van der Waals surface area contributed by atoms with E-state index in [-0.39, 0.29) is 12.0 Å². The van der Waals surface area contributed by atoms with Gasteiger partial charge in [0.1, 0.15) is 6.54 Å². The second-order valence-corrected chi connectivity index (χ2v) is 7.21. The monoisotopic (exact) mass is 386 g/mol. The molecule has 6 nitrogen and oxygen atoms in total. The molecular weight excluding hydrogens is 352 g/mol. The van der Waals surface area contributed by atoms with Gasteiger partial charge in [0, 0.05) is 25.3 Å². The quantitative estimate of drug-likeness (QED) is 0.426. The topological polar surface area (TPSA) is 82.7 Å². The molecule has 154 valence electrons. The van der Waals surface area contributed by atoms with Gasteiger partial charge in [-0.2, -0.15) is 0 Å². The summed E-state index contributed by atoms with van der Waals surface area (Å²) in [5.41, 5.74) is 2.30. The van der Waals surface area contributed by atoms with Crippen molar-refractivity contribution in [3.8, 4) is 11.3 Å². The van der Waals surface area contributed by atoms with E-state index in [1.54, 1.807) is 6.20 Å². The van der Waals surface area contributed by atoms with E-state index in [4.69, 9.17) is 4.42 Å². The molecule has 2 aromatic rings. The Bertz CT molecular complexity index is 733. The number of guanidine groups is 1. The summed E-state index contributed by atoms with van der Waals surface area (Å²) >= 11 is 0. The molecule has 0 spiro atoms. The van der Waals surface area contributed by atoms with Gasteiger partial charge in [-0.15, -0.1) is 0 Å². The van der Waals surface area contributed by atoms with E-state index in [0.29, 0.717) is 12.4 Å². The van der Waals surface area contributed by atoms with Gasteiger partial charge in [0.15, 0.2) is 11.7 Å². The largest absolute Gasteiger partial charge is 0.439 e. The Morgan fingerprint density at radius 2 is 1.86 bits per heavy atom. The molecule has 0 fully saturated rings. The van der Waals surface area contributed by atoms with Crippen LogP contribution in [-0.4, -0.2) is 35.7 Å². The first-order chi connectivity index (χ1) is 13.6. The molecule has 0 radical (unpaired) electrons. The Morgan fingerprint density at radius 3 is 2.46 bits per heavy atom. The highest BCUT2D eigenvalue weighted by molar-refractivity contribution is 5.79. The first kappa shape index (κ1) is 22.0. The molecule has 0 aliphatic rings. The highest BCUT2D eigenvalue weighted by atomic mass is 16.4. The van der Waals surface area contributed by atoms with Crippen LogP contribution < -0.4 is 10.6 Å². The number of aliphatic imine (C=N–C) groups is 1. The van der Waals surface area contributed by atoms with Crippen LogP contribution >= 0.6 is 0 Å². The van der Waals surface area contributed by atoms with Gasteiger partial charge in [-0.1, -0.05) is 43.7 Å². The molecule has 0 bridgehead atoms. The van der Waals surface area contributed by atoms with Crippen LogP contribution in [0.1, 0.15) is 51.5 Å². The molecular formula is C22H34N4O2. The zero-order valence-corrected chi connectivity index (χ0v) is 17.6. The number of aliphatic hydroxyl groups excluding tert-OH is 1. The number of nitrogens with one attached hydrogen (secondary N) is 2. The molecule has 0 aliphatic heterocycles. The molecule has 1 aromatic carbocycles. The summed E-state index contributed by atoms with van der Waals surface area (Å²) in [6, 6.07) is 8.18. The van der Waals surface area contributed by atoms with Crippen LogP contribution in [0.4, 0.5) is 0 Å². The minimum absolute atomic E-state index is 0.0759. The van der Waals surface area contributed by atoms with Gasteiger partial charge in [0.2, 0.25) is 5.89 Å². The fourth-order valence-electron chi connectivity index (χ4n) is 3.17. The van der Waals surface area contributed by atoms with Gasteiger partial charge in [-0.3, -0.25) is 0 Å². The maximum atomic E-state index is 9.40. The Labute approximate surface area is 168 Å². The smallest absolute Gasteiger partial charge is 0.216 e. The Morgan fingerprint density at radius 1 is 1.14 bits per heavy atom. The highest BCUT2D eigenvalue weighted by Crippen LogP contribution is 2.29. The minimum Gasteiger partial charge on any atom is -0.439 e. The van der Waals surface area contributed by atoms with E-state index in [1.165, 1.54) is 5.56 Å². The second kappa shape index (κ2) is 10.9. The van der Waals surface area contributed by atoms with Crippen LogP contribution in [0.2, 0.25) is 0 Å². The third kappa shape index (κ3) is 6.09. The first-order valence-electron chi connectivity index (χ1n) is 10.2. The number of hydrogen-bond acceptors (Lipinski definition) is 4. The van der Waals surface area contributed by atoms with Crippen LogP contribution in [0.15, 0.2) is 39.9 Å². The zero-order valence-electron chi connectivity index (χ0n) is 17.6. The molecule has 28 heavy (non-hydrogen) atoms. The third-order valence-corrected chi connectivity index (χ3v) is 5.38. The van der Waals surface area contributed by atoms with Crippen LogP contribution in [0.5, 0.6) is 0 Å². The van der Waals surface area contributed by atoms with Crippen LogP contribution in [-0.2, 0) is 6.54 Å². The predicted molar refractivity (Wildman–Crippen MR) is 114 cm³/mol. The Balaban J connectivity index is 2.03. The summed E-state index contributed by atoms with van der Waals surface area (Å²) in [5, 5.41) is 16.1. The number of rotatable bonds is 10. The number of hydrogen-bond donors (Lipinski definition) is 3. The van der Waals surface area contributed by atoms with Gasteiger partial charge in [-0.05, 0) is 38.5 Å². The molecule has 6 heteroatoms. The van der Waals surface area contributed by atoms with E-state index in [0.717, 1.165) is 49.6 Å². The number of aryl methyl sites for hydroxylation is 1. The van der Waals surface area contributed by atoms with Gasteiger partial charge in [0.25, 0.3) is 0 Å². The van der Waals surface area contributed by atoms with E-state index >= 15 is 0 Å². The van der Waals surface area contributed by atoms with Crippen molar-refractivity contribution in [2.75, 3.05) is 19.7 Å². The summed E-state index contributed by atoms with van der Waals surface area (Å²) in [6.07, 6.45) is 4.55. The van der Waals surface area contributed by atoms with Gasteiger partial charge >= 0.3 is 0 Å². The Kier molecular flexibility index (Phi) is 8.51. The van der Waals surface area contributed by atoms with Crippen LogP contribution in [0.25, 0.3) is 11.3 Å². The lowest BCUT2D eigenvalue weighted by molar-refractivity contribution is 0.169. The van der Waals surface area contributed by atoms with E-state index < -0.39 is 0 Å². The molecule has 0 unspecified atom stereocenters. The van der Waals surface area contributed by atoms with E-state index in [2.05, 4.69) is 53.5 Å². The maximum Gasteiger partial charge on any atom is 0.216 e. The third-order valence-electron chi connectivity index (χ3n) is 5.38. The number of aliphatic hydroxyl groups is 1. The number of aromatic nitrogens is 1. The first-order valence-corrected chi connectivity index (χ1v) is 10.2. The van der Waals surface area contributed by atoms with E-state index in [1.807, 2.05) is 19.1 Å². The predicted octanol–water partition coefficient (Wildman–Crippen LogP) is 3.89. The van der Waals surface area contributed by atoms with Crippen molar-refractivity contribution in [2.45, 2.75) is 53.5 Å². The average Bonchev–Trinajstić information content (AvgIpc) is 3.18. The summed E-state index contributed by atoms with van der Waals surface area (Å²) in [5.74, 6) is 2.07. The zero-order chi connectivity index (χ0) is 20.4. The van der Waals surface area contributed by atoms with Crippen molar-refractivity contribution in [3.05, 3.63) is 41.9 Å². The Hall–Kier alpha value is -2.34. The van der Waals surface area contributed by atoms with Crippen molar-refractivity contribution in [1.82, 2.24) is 15.6 Å². The maximum absolute atomic E-state index is 9.40. The molecule has 0 aliphatic carbocycles. The summed E-state index contributed by atoms with van der Waals surface area (Å²) in [6.45, 7) is 10.6.